The standard InChI is InChI=1S/C13H20ClNO4S/c1-3-7-18-12-6-5-11(15-20(16,17)10-14)9-13(12)19-8-4-2/h5-6,9,15H,3-4,7-8,10H2,1-2H3. The highest BCUT2D eigenvalue weighted by Crippen LogP contribution is 2.31. The van der Waals surface area contributed by atoms with E-state index in [2.05, 4.69) is 4.72 Å². The summed E-state index contributed by atoms with van der Waals surface area (Å²) in [6.07, 6.45) is 1.73. The van der Waals surface area contributed by atoms with Gasteiger partial charge >= 0.3 is 0 Å². The summed E-state index contributed by atoms with van der Waals surface area (Å²) in [4.78, 5) is 0. The summed E-state index contributed by atoms with van der Waals surface area (Å²) < 4.78 is 36.4. The number of rotatable bonds is 9. The molecule has 0 heterocycles. The molecule has 0 unspecified atom stereocenters. The van der Waals surface area contributed by atoms with E-state index in [9.17, 15) is 8.42 Å². The van der Waals surface area contributed by atoms with Crippen molar-refractivity contribution in [3.8, 4) is 11.5 Å². The monoisotopic (exact) mass is 321 g/mol. The van der Waals surface area contributed by atoms with Crippen LogP contribution in [0.2, 0.25) is 0 Å². The number of benzene rings is 1. The van der Waals surface area contributed by atoms with E-state index in [1.807, 2.05) is 13.8 Å². The molecule has 5 nitrogen and oxygen atoms in total. The zero-order chi connectivity index (χ0) is 15.0. The van der Waals surface area contributed by atoms with Crippen molar-refractivity contribution in [2.45, 2.75) is 26.7 Å². The molecule has 1 aromatic carbocycles. The second-order valence-corrected chi connectivity index (χ2v) is 6.49. The van der Waals surface area contributed by atoms with Gasteiger partial charge in [0, 0.05) is 6.07 Å². The maximum atomic E-state index is 11.4. The highest BCUT2D eigenvalue weighted by molar-refractivity contribution is 7.93. The lowest BCUT2D eigenvalue weighted by Crippen LogP contribution is -2.13. The number of hydrogen-bond donors (Lipinski definition) is 1. The van der Waals surface area contributed by atoms with Gasteiger partial charge < -0.3 is 9.47 Å². The predicted octanol–water partition coefficient (Wildman–Crippen LogP) is 3.20. The van der Waals surface area contributed by atoms with Crippen LogP contribution in [-0.2, 0) is 10.0 Å². The molecule has 20 heavy (non-hydrogen) atoms. The second-order valence-electron chi connectivity index (χ2n) is 4.18. The van der Waals surface area contributed by atoms with E-state index < -0.39 is 15.2 Å². The first-order valence-corrected chi connectivity index (χ1v) is 8.67. The number of halogens is 1. The predicted molar refractivity (Wildman–Crippen MR) is 81.3 cm³/mol. The van der Waals surface area contributed by atoms with Gasteiger partial charge in [-0.3, -0.25) is 4.72 Å². The molecule has 0 bridgehead atoms. The number of nitrogens with one attached hydrogen (secondary N) is 1. The Bertz CT molecular complexity index is 519. The van der Waals surface area contributed by atoms with Crippen LogP contribution in [0.15, 0.2) is 18.2 Å². The first-order valence-electron chi connectivity index (χ1n) is 6.48. The van der Waals surface area contributed by atoms with Crippen LogP contribution in [0.4, 0.5) is 5.69 Å². The fraction of sp³-hybridized carbons (Fsp3) is 0.538. The van der Waals surface area contributed by atoms with Gasteiger partial charge in [-0.15, -0.1) is 11.6 Å². The molecule has 0 aliphatic carbocycles. The van der Waals surface area contributed by atoms with Gasteiger partial charge in [-0.05, 0) is 25.0 Å². The third-order valence-electron chi connectivity index (χ3n) is 2.28. The summed E-state index contributed by atoms with van der Waals surface area (Å²) in [6, 6.07) is 4.91. The number of alkyl halides is 1. The fourth-order valence-electron chi connectivity index (χ4n) is 1.43. The molecule has 0 radical (unpaired) electrons. The van der Waals surface area contributed by atoms with Crippen molar-refractivity contribution in [1.82, 2.24) is 0 Å². The Kier molecular flexibility index (Phi) is 6.95. The maximum Gasteiger partial charge on any atom is 0.246 e. The normalized spacial score (nSPS) is 11.2. The van der Waals surface area contributed by atoms with Crippen LogP contribution < -0.4 is 14.2 Å². The second kappa shape index (κ2) is 8.21. The van der Waals surface area contributed by atoms with E-state index in [1.54, 1.807) is 18.2 Å². The lowest BCUT2D eigenvalue weighted by Gasteiger charge is -2.14. The van der Waals surface area contributed by atoms with E-state index in [0.29, 0.717) is 30.4 Å². The van der Waals surface area contributed by atoms with Crippen molar-refractivity contribution in [1.29, 1.82) is 0 Å². The van der Waals surface area contributed by atoms with Crippen LogP contribution >= 0.6 is 11.6 Å². The first-order chi connectivity index (χ1) is 9.52. The smallest absolute Gasteiger partial charge is 0.246 e. The van der Waals surface area contributed by atoms with Crippen LogP contribution in [0, 0.1) is 0 Å². The summed E-state index contributed by atoms with van der Waals surface area (Å²) in [5.41, 5.74) is 0.403. The summed E-state index contributed by atoms with van der Waals surface area (Å²) >= 11 is 5.36. The van der Waals surface area contributed by atoms with Crippen LogP contribution in [0.1, 0.15) is 26.7 Å². The van der Waals surface area contributed by atoms with Gasteiger partial charge in [-0.1, -0.05) is 13.8 Å². The van der Waals surface area contributed by atoms with Crippen LogP contribution in [0.5, 0.6) is 11.5 Å². The van der Waals surface area contributed by atoms with Gasteiger partial charge in [0.2, 0.25) is 10.0 Å². The van der Waals surface area contributed by atoms with Crippen LogP contribution in [-0.4, -0.2) is 26.8 Å². The van der Waals surface area contributed by atoms with Gasteiger partial charge in [-0.2, -0.15) is 0 Å². The Hall–Kier alpha value is -1.14. The van der Waals surface area contributed by atoms with Gasteiger partial charge in [0.05, 0.1) is 18.9 Å². The molecule has 0 atom stereocenters. The Morgan fingerprint density at radius 1 is 1.10 bits per heavy atom. The Morgan fingerprint density at radius 2 is 1.70 bits per heavy atom. The average molecular weight is 322 g/mol. The molecule has 1 rings (SSSR count). The van der Waals surface area contributed by atoms with Crippen molar-refractivity contribution in [3.05, 3.63) is 18.2 Å². The van der Waals surface area contributed by atoms with Crippen molar-refractivity contribution >= 4 is 27.3 Å². The highest BCUT2D eigenvalue weighted by Gasteiger charge is 2.11. The molecule has 0 aliphatic rings. The van der Waals surface area contributed by atoms with E-state index >= 15 is 0 Å². The zero-order valence-electron chi connectivity index (χ0n) is 11.7. The quantitative estimate of drug-likeness (QED) is 0.709. The van der Waals surface area contributed by atoms with Gasteiger partial charge in [0.15, 0.2) is 11.5 Å². The highest BCUT2D eigenvalue weighted by atomic mass is 35.5. The number of sulfonamides is 1. The Labute approximate surface area is 125 Å². The Balaban J connectivity index is 2.94. The average Bonchev–Trinajstić information content (AvgIpc) is 2.43. The third-order valence-corrected chi connectivity index (χ3v) is 3.98. The minimum atomic E-state index is -3.52. The molecule has 1 aromatic rings. The van der Waals surface area contributed by atoms with Crippen molar-refractivity contribution in [2.75, 3.05) is 23.1 Å². The molecule has 0 fully saturated rings. The van der Waals surface area contributed by atoms with Crippen molar-refractivity contribution in [2.24, 2.45) is 0 Å². The minimum absolute atomic E-state index is 0.403. The van der Waals surface area contributed by atoms with Gasteiger partial charge in [0.1, 0.15) is 5.21 Å². The molecule has 114 valence electrons. The molecule has 1 N–H and O–H groups in total. The lowest BCUT2D eigenvalue weighted by molar-refractivity contribution is 0.268. The van der Waals surface area contributed by atoms with Gasteiger partial charge in [-0.25, -0.2) is 8.42 Å². The van der Waals surface area contributed by atoms with Crippen LogP contribution in [0.3, 0.4) is 0 Å². The van der Waals surface area contributed by atoms with Gasteiger partial charge in [0.25, 0.3) is 0 Å². The summed E-state index contributed by atoms with van der Waals surface area (Å²) in [6.45, 7) is 5.12. The maximum absolute atomic E-state index is 11.4. The van der Waals surface area contributed by atoms with E-state index in [0.717, 1.165) is 12.8 Å². The Morgan fingerprint density at radius 3 is 2.25 bits per heavy atom. The van der Waals surface area contributed by atoms with E-state index in [4.69, 9.17) is 21.1 Å². The lowest BCUT2D eigenvalue weighted by atomic mass is 10.3. The molecule has 0 aromatic heterocycles. The van der Waals surface area contributed by atoms with Crippen molar-refractivity contribution < 1.29 is 17.9 Å². The fourth-order valence-corrected chi connectivity index (χ4v) is 2.14. The summed E-state index contributed by atoms with van der Waals surface area (Å²) in [5, 5.41) is -0.494. The molecule has 0 amide bonds. The van der Waals surface area contributed by atoms with Crippen LogP contribution in [0.25, 0.3) is 0 Å². The number of ether oxygens (including phenoxy) is 2. The summed E-state index contributed by atoms with van der Waals surface area (Å²) in [5.74, 6) is 1.13. The number of hydrogen-bond acceptors (Lipinski definition) is 4. The number of anilines is 1. The largest absolute Gasteiger partial charge is 0.490 e. The molecular formula is C13H20ClNO4S. The SMILES string of the molecule is CCCOc1ccc(NS(=O)(=O)CCl)cc1OCCC. The van der Waals surface area contributed by atoms with E-state index in [-0.39, 0.29) is 0 Å². The molecular weight excluding hydrogens is 302 g/mol. The van der Waals surface area contributed by atoms with Crippen molar-refractivity contribution in [3.63, 3.8) is 0 Å². The zero-order valence-corrected chi connectivity index (χ0v) is 13.3. The molecule has 0 saturated heterocycles. The minimum Gasteiger partial charge on any atom is -0.490 e. The molecule has 0 spiro atoms. The first kappa shape index (κ1) is 16.9. The summed E-state index contributed by atoms with van der Waals surface area (Å²) in [7, 11) is -3.52. The molecule has 7 heteroatoms. The topological polar surface area (TPSA) is 64.6 Å². The molecule has 0 aliphatic heterocycles. The third kappa shape index (κ3) is 5.46. The molecule has 0 saturated carbocycles. The van der Waals surface area contributed by atoms with E-state index in [1.165, 1.54) is 0 Å².